The zero-order chi connectivity index (χ0) is 35.3. The molecular weight excluding hydrogens is 633 g/mol. The molecule has 2 aliphatic heterocycles. The number of carboxylic acids is 1. The van der Waals surface area contributed by atoms with E-state index in [2.05, 4.69) is 40.1 Å². The normalized spacial score (nSPS) is 15.6. The van der Waals surface area contributed by atoms with Crippen LogP contribution in [0.4, 0.5) is 15.9 Å². The molecule has 1 saturated heterocycles. The fraction of sp³-hybridized carbons (Fsp3) is 0.375. The van der Waals surface area contributed by atoms with E-state index in [0.29, 0.717) is 41.1 Å². The van der Waals surface area contributed by atoms with Crippen LogP contribution < -0.4 is 14.5 Å². The Morgan fingerprint density at radius 3 is 2.44 bits per heavy atom. The van der Waals surface area contributed by atoms with E-state index in [-0.39, 0.29) is 5.75 Å². The van der Waals surface area contributed by atoms with Gasteiger partial charge in [-0.1, -0.05) is 18.2 Å². The number of para-hydroxylation sites is 1. The summed E-state index contributed by atoms with van der Waals surface area (Å²) in [5, 5.41) is 11.3. The third kappa shape index (κ3) is 6.17. The van der Waals surface area contributed by atoms with Crippen LogP contribution in [0, 0.1) is 19.7 Å². The van der Waals surface area contributed by atoms with E-state index in [1.165, 1.54) is 11.8 Å². The first kappa shape index (κ1) is 33.5. The first-order chi connectivity index (χ1) is 23.9. The lowest BCUT2D eigenvalue weighted by Gasteiger charge is -2.36. The Balaban J connectivity index is 1.37. The quantitative estimate of drug-likeness (QED) is 0.188. The smallest absolute Gasteiger partial charge is 0.337 e. The van der Waals surface area contributed by atoms with E-state index < -0.39 is 23.5 Å². The van der Waals surface area contributed by atoms with Crippen LogP contribution >= 0.6 is 0 Å². The third-order valence-corrected chi connectivity index (χ3v) is 9.83. The van der Waals surface area contributed by atoms with Crippen molar-refractivity contribution in [1.29, 1.82) is 0 Å². The van der Waals surface area contributed by atoms with Crippen molar-refractivity contribution < 1.29 is 23.8 Å². The van der Waals surface area contributed by atoms with Gasteiger partial charge in [-0.2, -0.15) is 0 Å². The predicted molar refractivity (Wildman–Crippen MR) is 195 cm³/mol. The second-order valence-electron chi connectivity index (χ2n) is 14.3. The molecule has 3 aromatic heterocycles. The summed E-state index contributed by atoms with van der Waals surface area (Å²) in [5.41, 5.74) is 6.79. The highest BCUT2D eigenvalue weighted by atomic mass is 19.1. The van der Waals surface area contributed by atoms with Gasteiger partial charge in [0.2, 0.25) is 0 Å². The van der Waals surface area contributed by atoms with Gasteiger partial charge in [-0.05, 0) is 95.0 Å². The standard InChI is InChI=1S/C40H44FN5O4/c1-24-28-13-10-20-49-36(28)31(41)22-29(24)35-30-23-32(44(6)38(30)43-25(2)34(35)37(39(47)48)50-40(3,4)5)26-14-15-42-33(21-26)46-18-16-45(17-19-46)27-11-8-7-9-12-27/h7-9,11-12,14-15,21-23,37H,10,13,16-20H2,1-6H3,(H,47,48)/t37-/m0/s1. The molecule has 50 heavy (non-hydrogen) atoms. The Bertz CT molecular complexity index is 2080. The molecule has 1 atom stereocenters. The van der Waals surface area contributed by atoms with E-state index in [0.717, 1.165) is 66.2 Å². The number of benzene rings is 2. The fourth-order valence-corrected chi connectivity index (χ4v) is 7.43. The van der Waals surface area contributed by atoms with Gasteiger partial charge < -0.3 is 28.9 Å². The third-order valence-electron chi connectivity index (χ3n) is 9.83. The van der Waals surface area contributed by atoms with Gasteiger partial charge in [-0.3, -0.25) is 0 Å². The number of piperazine rings is 1. The van der Waals surface area contributed by atoms with Gasteiger partial charge in [-0.15, -0.1) is 0 Å². The molecule has 260 valence electrons. The average molecular weight is 678 g/mol. The molecule has 0 radical (unpaired) electrons. The predicted octanol–water partition coefficient (Wildman–Crippen LogP) is 7.65. The van der Waals surface area contributed by atoms with Crippen LogP contribution in [0.15, 0.2) is 60.8 Å². The number of aromatic nitrogens is 3. The summed E-state index contributed by atoms with van der Waals surface area (Å²) in [6.07, 6.45) is 1.95. The molecule has 5 heterocycles. The number of anilines is 2. The summed E-state index contributed by atoms with van der Waals surface area (Å²) in [4.78, 5) is 27.4. The molecule has 0 saturated carbocycles. The molecule has 1 N–H and O–H groups in total. The molecule has 5 aromatic rings. The van der Waals surface area contributed by atoms with Crippen LogP contribution in [0.25, 0.3) is 33.4 Å². The number of hydrogen-bond donors (Lipinski definition) is 1. The topological polar surface area (TPSA) is 93.0 Å². The van der Waals surface area contributed by atoms with Gasteiger partial charge in [0.15, 0.2) is 17.7 Å². The lowest BCUT2D eigenvalue weighted by Crippen LogP contribution is -2.46. The Hall–Kier alpha value is -4.96. The SMILES string of the molecule is Cc1nc2c(cc(-c3ccnc(N4CCN(c5ccccc5)CC4)c3)n2C)c(-c2cc(F)c3c(c2C)CCCO3)c1[C@H](OC(C)(C)C)C(=O)O. The molecule has 2 aliphatic rings. The molecule has 0 unspecified atom stereocenters. The van der Waals surface area contributed by atoms with E-state index in [4.69, 9.17) is 19.4 Å². The van der Waals surface area contributed by atoms with Crippen molar-refractivity contribution >= 4 is 28.5 Å². The van der Waals surface area contributed by atoms with E-state index in [1.54, 1.807) is 6.92 Å². The molecule has 0 aliphatic carbocycles. The van der Waals surface area contributed by atoms with Crippen molar-refractivity contribution in [2.24, 2.45) is 7.05 Å². The number of nitrogens with zero attached hydrogens (tertiary/aromatic N) is 5. The van der Waals surface area contributed by atoms with Crippen molar-refractivity contribution in [1.82, 2.24) is 14.5 Å². The first-order valence-electron chi connectivity index (χ1n) is 17.3. The number of rotatable bonds is 7. The summed E-state index contributed by atoms with van der Waals surface area (Å²) in [6.45, 7) is 13.2. The maximum absolute atomic E-state index is 15.8. The van der Waals surface area contributed by atoms with E-state index in [1.807, 2.05) is 63.7 Å². The summed E-state index contributed by atoms with van der Waals surface area (Å²) < 4.78 is 29.9. The minimum absolute atomic E-state index is 0.282. The summed E-state index contributed by atoms with van der Waals surface area (Å²) in [5.74, 6) is -0.418. The molecule has 7 rings (SSSR count). The second kappa shape index (κ2) is 13.1. The highest BCUT2D eigenvalue weighted by Gasteiger charge is 2.34. The van der Waals surface area contributed by atoms with Gasteiger partial charge in [0, 0.05) is 78.4 Å². The van der Waals surface area contributed by atoms with Crippen LogP contribution in [0.3, 0.4) is 0 Å². The summed E-state index contributed by atoms with van der Waals surface area (Å²) >= 11 is 0. The van der Waals surface area contributed by atoms with Crippen LogP contribution in [-0.4, -0.2) is 64.0 Å². The number of ether oxygens (including phenoxy) is 2. The molecular formula is C40H44FN5O4. The Labute approximate surface area is 292 Å². The second-order valence-corrected chi connectivity index (χ2v) is 14.3. The Morgan fingerprint density at radius 1 is 1.02 bits per heavy atom. The van der Waals surface area contributed by atoms with E-state index in [9.17, 15) is 9.90 Å². The molecule has 1 fully saturated rings. The van der Waals surface area contributed by atoms with Crippen molar-refractivity contribution in [3.8, 4) is 28.1 Å². The van der Waals surface area contributed by atoms with Crippen LogP contribution in [0.5, 0.6) is 5.75 Å². The van der Waals surface area contributed by atoms with Gasteiger partial charge in [0.25, 0.3) is 0 Å². The zero-order valence-corrected chi connectivity index (χ0v) is 29.6. The highest BCUT2D eigenvalue weighted by molar-refractivity contribution is 6.01. The maximum Gasteiger partial charge on any atom is 0.337 e. The number of aliphatic carboxylic acids is 1. The molecule has 10 heteroatoms. The number of pyridine rings is 2. The summed E-state index contributed by atoms with van der Waals surface area (Å²) in [7, 11) is 1.96. The lowest BCUT2D eigenvalue weighted by atomic mass is 9.86. The number of carbonyl (C=O) groups is 1. The Morgan fingerprint density at radius 2 is 1.74 bits per heavy atom. The molecule has 2 aromatic carbocycles. The Kier molecular flexibility index (Phi) is 8.76. The van der Waals surface area contributed by atoms with Crippen LogP contribution in [0.1, 0.15) is 55.7 Å². The number of carboxylic acid groups (broad SMARTS) is 1. The first-order valence-corrected chi connectivity index (χ1v) is 17.3. The number of halogens is 1. The molecule has 0 spiro atoms. The average Bonchev–Trinajstić information content (AvgIpc) is 3.43. The monoisotopic (exact) mass is 677 g/mol. The van der Waals surface area contributed by atoms with Gasteiger partial charge in [0.05, 0.1) is 17.9 Å². The highest BCUT2D eigenvalue weighted by Crippen LogP contribution is 2.45. The van der Waals surface area contributed by atoms with Gasteiger partial charge in [0.1, 0.15) is 11.5 Å². The largest absolute Gasteiger partial charge is 0.490 e. The minimum Gasteiger partial charge on any atom is -0.490 e. The molecule has 0 amide bonds. The van der Waals surface area contributed by atoms with Crippen molar-refractivity contribution in [3.63, 3.8) is 0 Å². The summed E-state index contributed by atoms with van der Waals surface area (Å²) in [6, 6.07) is 18.1. The van der Waals surface area contributed by atoms with E-state index >= 15 is 4.39 Å². The van der Waals surface area contributed by atoms with Gasteiger partial charge >= 0.3 is 5.97 Å². The van der Waals surface area contributed by atoms with Crippen molar-refractivity contribution in [2.45, 2.75) is 59.2 Å². The number of hydrogen-bond acceptors (Lipinski definition) is 7. The van der Waals surface area contributed by atoms with Crippen LogP contribution in [0.2, 0.25) is 0 Å². The lowest BCUT2D eigenvalue weighted by molar-refractivity contribution is -0.160. The maximum atomic E-state index is 15.8. The van der Waals surface area contributed by atoms with Crippen molar-refractivity contribution in [3.05, 3.63) is 89.0 Å². The number of aryl methyl sites for hydroxylation is 2. The molecule has 9 nitrogen and oxygen atoms in total. The zero-order valence-electron chi connectivity index (χ0n) is 29.6. The molecule has 0 bridgehead atoms. The van der Waals surface area contributed by atoms with Crippen LogP contribution in [-0.2, 0) is 23.0 Å². The van der Waals surface area contributed by atoms with Crippen molar-refractivity contribution in [2.75, 3.05) is 42.6 Å². The van der Waals surface area contributed by atoms with Gasteiger partial charge in [-0.25, -0.2) is 19.2 Å². The number of fused-ring (bicyclic) bond motifs is 2. The fourth-order valence-electron chi connectivity index (χ4n) is 7.43. The minimum atomic E-state index is -1.33.